The van der Waals surface area contributed by atoms with E-state index in [2.05, 4.69) is 5.32 Å². The van der Waals surface area contributed by atoms with Gasteiger partial charge in [-0.3, -0.25) is 13.9 Å². The normalized spacial score (nSPS) is 12.1. The molecule has 0 aliphatic carbocycles. The lowest BCUT2D eigenvalue weighted by molar-refractivity contribution is -0.140. The predicted molar refractivity (Wildman–Crippen MR) is 186 cm³/mol. The number of amides is 2. The standard InChI is InChI=1S/C36H39Cl2N3O4S/c1-5-28-14-9-10-17-33(28)41(46(44,45)29-20-18-26(4)19-21-29)24-35(42)40(23-30-31(37)15-11-16-32(30)38)34(36(43)39-25(2)3)22-27-12-7-6-8-13-27/h6-21,25,34H,5,22-24H2,1-4H3,(H,39,43). The van der Waals surface area contributed by atoms with Crippen molar-refractivity contribution < 1.29 is 18.0 Å². The molecule has 0 fully saturated rings. The van der Waals surface area contributed by atoms with Crippen LogP contribution in [0.1, 0.15) is 43.0 Å². The molecule has 4 aromatic carbocycles. The van der Waals surface area contributed by atoms with Crippen molar-refractivity contribution in [3.05, 3.63) is 129 Å². The molecule has 0 saturated heterocycles. The van der Waals surface area contributed by atoms with E-state index in [1.54, 1.807) is 42.5 Å². The number of carbonyl (C=O) groups excluding carboxylic acids is 2. The van der Waals surface area contributed by atoms with E-state index < -0.39 is 28.5 Å². The summed E-state index contributed by atoms with van der Waals surface area (Å²) < 4.78 is 29.8. The number of hydrogen-bond acceptors (Lipinski definition) is 4. The lowest BCUT2D eigenvalue weighted by atomic mass is 10.0. The van der Waals surface area contributed by atoms with Crippen LogP contribution in [-0.4, -0.2) is 43.8 Å². The van der Waals surface area contributed by atoms with Crippen LogP contribution in [0.25, 0.3) is 0 Å². The van der Waals surface area contributed by atoms with E-state index in [4.69, 9.17) is 23.2 Å². The van der Waals surface area contributed by atoms with Gasteiger partial charge in [0.05, 0.1) is 10.6 Å². The van der Waals surface area contributed by atoms with Gasteiger partial charge >= 0.3 is 0 Å². The summed E-state index contributed by atoms with van der Waals surface area (Å²) in [6.45, 7) is 6.80. The quantitative estimate of drug-likeness (QED) is 0.162. The van der Waals surface area contributed by atoms with Crippen LogP contribution in [-0.2, 0) is 39.0 Å². The lowest BCUT2D eigenvalue weighted by Crippen LogP contribution is -2.54. The Morgan fingerprint density at radius 1 is 0.826 bits per heavy atom. The van der Waals surface area contributed by atoms with E-state index in [1.165, 1.54) is 17.0 Å². The molecule has 0 spiro atoms. The molecule has 4 rings (SSSR count). The number of anilines is 1. The first-order valence-electron chi connectivity index (χ1n) is 15.2. The minimum Gasteiger partial charge on any atom is -0.352 e. The maximum Gasteiger partial charge on any atom is 0.264 e. The minimum absolute atomic E-state index is 0.0518. The van der Waals surface area contributed by atoms with Crippen molar-refractivity contribution in [3.63, 3.8) is 0 Å². The Labute approximate surface area is 282 Å². The van der Waals surface area contributed by atoms with Crippen LogP contribution in [0, 0.1) is 6.92 Å². The minimum atomic E-state index is -4.21. The molecule has 0 bridgehead atoms. The van der Waals surface area contributed by atoms with Gasteiger partial charge in [-0.25, -0.2) is 8.42 Å². The van der Waals surface area contributed by atoms with Crippen molar-refractivity contribution >= 4 is 50.7 Å². The molecule has 0 aliphatic heterocycles. The molecule has 1 unspecified atom stereocenters. The zero-order valence-corrected chi connectivity index (χ0v) is 28.7. The number of hydrogen-bond donors (Lipinski definition) is 1. The highest BCUT2D eigenvalue weighted by atomic mass is 35.5. The number of rotatable bonds is 13. The highest BCUT2D eigenvalue weighted by molar-refractivity contribution is 7.92. The summed E-state index contributed by atoms with van der Waals surface area (Å²) in [5.74, 6) is -0.963. The first-order valence-corrected chi connectivity index (χ1v) is 17.4. The molecule has 0 aromatic heterocycles. The van der Waals surface area contributed by atoms with Gasteiger partial charge in [-0.2, -0.15) is 0 Å². The number of para-hydroxylation sites is 1. The highest BCUT2D eigenvalue weighted by Crippen LogP contribution is 2.30. The molecule has 1 N–H and O–H groups in total. The van der Waals surface area contributed by atoms with Crippen molar-refractivity contribution in [3.8, 4) is 0 Å². The summed E-state index contributed by atoms with van der Waals surface area (Å²) in [7, 11) is -4.21. The summed E-state index contributed by atoms with van der Waals surface area (Å²) >= 11 is 13.2. The van der Waals surface area contributed by atoms with E-state index in [9.17, 15) is 18.0 Å². The second-order valence-electron chi connectivity index (χ2n) is 11.4. The number of nitrogens with one attached hydrogen (secondary N) is 1. The van der Waals surface area contributed by atoms with Gasteiger partial charge in [0.1, 0.15) is 12.6 Å². The Morgan fingerprint density at radius 2 is 1.43 bits per heavy atom. The number of sulfonamides is 1. The summed E-state index contributed by atoms with van der Waals surface area (Å²) in [5, 5.41) is 3.60. The average molecular weight is 681 g/mol. The van der Waals surface area contributed by atoms with Crippen LogP contribution in [0.15, 0.2) is 102 Å². The number of aryl methyl sites for hydroxylation is 2. The van der Waals surface area contributed by atoms with Crippen molar-refractivity contribution in [2.24, 2.45) is 0 Å². The Balaban J connectivity index is 1.87. The van der Waals surface area contributed by atoms with E-state index >= 15 is 0 Å². The number of halogens is 2. The van der Waals surface area contributed by atoms with E-state index in [1.807, 2.05) is 70.2 Å². The van der Waals surface area contributed by atoms with Gasteiger partial charge in [-0.1, -0.05) is 102 Å². The maximum absolute atomic E-state index is 14.7. The van der Waals surface area contributed by atoms with Crippen molar-refractivity contribution in [2.45, 2.75) is 64.1 Å². The molecule has 1 atom stereocenters. The molecule has 0 radical (unpaired) electrons. The summed E-state index contributed by atoms with van der Waals surface area (Å²) in [5.41, 5.74) is 3.33. The van der Waals surface area contributed by atoms with Gasteiger partial charge in [0, 0.05) is 34.6 Å². The van der Waals surface area contributed by atoms with Gasteiger partial charge in [-0.15, -0.1) is 0 Å². The highest BCUT2D eigenvalue weighted by Gasteiger charge is 2.36. The first-order chi connectivity index (χ1) is 21.9. The van der Waals surface area contributed by atoms with Gasteiger partial charge in [-0.05, 0) is 68.7 Å². The van der Waals surface area contributed by atoms with E-state index in [0.717, 1.165) is 21.0 Å². The Bertz CT molecular complexity index is 1740. The third-order valence-electron chi connectivity index (χ3n) is 7.62. The summed E-state index contributed by atoms with van der Waals surface area (Å²) in [4.78, 5) is 30.0. The van der Waals surface area contributed by atoms with E-state index in [-0.39, 0.29) is 29.8 Å². The SMILES string of the molecule is CCc1ccccc1N(CC(=O)N(Cc1c(Cl)cccc1Cl)C(Cc1ccccc1)C(=O)NC(C)C)S(=O)(=O)c1ccc(C)cc1. The Kier molecular flexibility index (Phi) is 11.9. The largest absolute Gasteiger partial charge is 0.352 e. The second-order valence-corrected chi connectivity index (χ2v) is 14.1. The van der Waals surface area contributed by atoms with Crippen LogP contribution < -0.4 is 9.62 Å². The van der Waals surface area contributed by atoms with Gasteiger partial charge in [0.25, 0.3) is 10.0 Å². The number of nitrogens with zero attached hydrogens (tertiary/aromatic N) is 2. The fourth-order valence-corrected chi connectivity index (χ4v) is 7.16. The van der Waals surface area contributed by atoms with Crippen LogP contribution in [0.3, 0.4) is 0 Å². The third-order valence-corrected chi connectivity index (χ3v) is 10.1. The lowest BCUT2D eigenvalue weighted by Gasteiger charge is -2.35. The molecular formula is C36H39Cl2N3O4S. The topological polar surface area (TPSA) is 86.8 Å². The maximum atomic E-state index is 14.7. The van der Waals surface area contributed by atoms with E-state index in [0.29, 0.717) is 27.7 Å². The zero-order chi connectivity index (χ0) is 33.4. The van der Waals surface area contributed by atoms with Crippen LogP contribution in [0.5, 0.6) is 0 Å². The molecule has 242 valence electrons. The molecule has 7 nitrogen and oxygen atoms in total. The Hall–Kier alpha value is -3.85. The van der Waals surface area contributed by atoms with Crippen molar-refractivity contribution in [1.82, 2.24) is 10.2 Å². The molecule has 0 aliphatic rings. The second kappa shape index (κ2) is 15.6. The van der Waals surface area contributed by atoms with Gasteiger partial charge in [0.2, 0.25) is 11.8 Å². The van der Waals surface area contributed by atoms with Crippen LogP contribution in [0.4, 0.5) is 5.69 Å². The third kappa shape index (κ3) is 8.49. The van der Waals surface area contributed by atoms with Crippen molar-refractivity contribution in [1.29, 1.82) is 0 Å². The molecule has 2 amide bonds. The average Bonchev–Trinajstić information content (AvgIpc) is 3.03. The van der Waals surface area contributed by atoms with Crippen LogP contribution >= 0.6 is 23.2 Å². The molecule has 10 heteroatoms. The molecule has 46 heavy (non-hydrogen) atoms. The molecular weight excluding hydrogens is 641 g/mol. The smallest absolute Gasteiger partial charge is 0.264 e. The predicted octanol–water partition coefficient (Wildman–Crippen LogP) is 7.22. The Morgan fingerprint density at radius 3 is 2.04 bits per heavy atom. The first kappa shape index (κ1) is 35.0. The zero-order valence-electron chi connectivity index (χ0n) is 26.4. The molecule has 4 aromatic rings. The number of carbonyl (C=O) groups is 2. The molecule has 0 heterocycles. The van der Waals surface area contributed by atoms with Gasteiger partial charge in [0.15, 0.2) is 0 Å². The summed E-state index contributed by atoms with van der Waals surface area (Å²) in [6, 6.07) is 26.8. The van der Waals surface area contributed by atoms with Gasteiger partial charge < -0.3 is 10.2 Å². The fraction of sp³-hybridized carbons (Fsp3) is 0.278. The van der Waals surface area contributed by atoms with Crippen LogP contribution in [0.2, 0.25) is 10.0 Å². The summed E-state index contributed by atoms with van der Waals surface area (Å²) in [6.07, 6.45) is 0.722. The number of benzene rings is 4. The molecule has 0 saturated carbocycles. The monoisotopic (exact) mass is 679 g/mol. The fourth-order valence-electron chi connectivity index (χ4n) is 5.19. The van der Waals surface area contributed by atoms with Crippen molar-refractivity contribution in [2.75, 3.05) is 10.8 Å².